The van der Waals surface area contributed by atoms with E-state index in [9.17, 15) is 23.1 Å². The lowest BCUT2D eigenvalue weighted by Gasteiger charge is -2.32. The molecule has 0 bridgehead atoms. The summed E-state index contributed by atoms with van der Waals surface area (Å²) in [6, 6.07) is 41.7. The predicted octanol–water partition coefficient (Wildman–Crippen LogP) is 27.0. The molecule has 17 rings (SSSR count). The van der Waals surface area contributed by atoms with Gasteiger partial charge in [-0.2, -0.15) is 0 Å². The van der Waals surface area contributed by atoms with Gasteiger partial charge in [0.05, 0.1) is 36.1 Å². The number of hydrogen-bond donors (Lipinski definition) is 11. The largest absolute Gasteiger partial charge is 0.573 e. The molecule has 0 atom stereocenters. The Labute approximate surface area is 786 Å². The zero-order chi connectivity index (χ0) is 90.1. The number of aliphatic imine (C=N–C) groups is 5. The summed E-state index contributed by atoms with van der Waals surface area (Å²) < 4.78 is 47.9. The highest BCUT2D eigenvalue weighted by Crippen LogP contribution is 2.38. The van der Waals surface area contributed by atoms with Crippen LogP contribution in [-0.2, 0) is 9.53 Å². The number of ether oxygens (including phenoxy) is 2. The number of aromatic hydroxyl groups is 1. The number of rotatable bonds is 18. The molecule has 0 heterocycles. The van der Waals surface area contributed by atoms with Crippen LogP contribution < -0.4 is 57.9 Å². The predicted molar refractivity (Wildman–Crippen MR) is 537 cm³/mol. The number of carbonyl (C=O) groups excluding carboxylic acids is 1. The van der Waals surface area contributed by atoms with Crippen molar-refractivity contribution in [2.24, 2.45) is 30.9 Å². The van der Waals surface area contributed by atoms with E-state index in [1.54, 1.807) is 24.3 Å². The summed E-state index contributed by atoms with van der Waals surface area (Å²) in [5.41, 5.74) is 3.72. The monoisotopic (exact) mass is 1860 g/mol. The van der Waals surface area contributed by atoms with E-state index in [0.29, 0.717) is 77.9 Å². The van der Waals surface area contributed by atoms with Gasteiger partial charge in [-0.05, 0) is 271 Å². The van der Waals surface area contributed by atoms with Crippen LogP contribution in [0.15, 0.2) is 145 Å². The number of hydrogen-bond acceptors (Lipinski definition) is 9. The summed E-state index contributed by atoms with van der Waals surface area (Å²) in [6.07, 6.45) is 67.5. The lowest BCUT2D eigenvalue weighted by molar-refractivity contribution is -0.274. The van der Waals surface area contributed by atoms with E-state index in [-0.39, 0.29) is 23.2 Å². The van der Waals surface area contributed by atoms with Crippen molar-refractivity contribution in [1.82, 2.24) is 31.9 Å². The minimum Gasteiger partial charge on any atom is -0.508 e. The Morgan fingerprint density at radius 1 is 0.338 bits per heavy atom. The van der Waals surface area contributed by atoms with Gasteiger partial charge in [-0.15, -0.1) is 13.2 Å². The smallest absolute Gasteiger partial charge is 0.508 e. The number of phenols is 1. The Hall–Kier alpha value is -7.95. The topological polar surface area (TPSA) is 238 Å². The second kappa shape index (κ2) is 54.4. The normalized spacial score (nSPS) is 22.9. The van der Waals surface area contributed by atoms with Crippen LogP contribution in [-0.4, -0.2) is 119 Å². The number of phenolic OH excluding ortho intramolecular Hbond substituents is 1. The number of esters is 1. The second-order valence-corrected chi connectivity index (χ2v) is 41.1. The van der Waals surface area contributed by atoms with E-state index < -0.39 is 6.36 Å². The maximum Gasteiger partial charge on any atom is 0.573 e. The quantitative estimate of drug-likeness (QED) is 0.0169. The average Bonchev–Trinajstić information content (AvgIpc) is 1.17. The van der Waals surface area contributed by atoms with Gasteiger partial charge < -0.3 is 67.7 Å². The van der Waals surface area contributed by atoms with Gasteiger partial charge in [-0.25, -0.2) is 25.0 Å². The molecule has 12 aliphatic rings. The molecule has 0 unspecified atom stereocenters. The van der Waals surface area contributed by atoms with Gasteiger partial charge in [0, 0.05) is 68.9 Å². The van der Waals surface area contributed by atoms with Crippen molar-refractivity contribution < 1.29 is 32.5 Å². The fourth-order valence-corrected chi connectivity index (χ4v) is 21.9. The highest BCUT2D eigenvalue weighted by molar-refractivity contribution is 9.10. The highest BCUT2D eigenvalue weighted by atomic mass is 79.9. The number of carbonyl (C=O) groups is 1. The van der Waals surface area contributed by atoms with Crippen LogP contribution in [0, 0.1) is 5.92 Å². The van der Waals surface area contributed by atoms with E-state index in [4.69, 9.17) is 29.7 Å². The first-order valence-electron chi connectivity index (χ1n) is 52.2. The van der Waals surface area contributed by atoms with E-state index in [1.165, 1.54) is 331 Å². The molecule has 0 aromatic heterocycles. The highest BCUT2D eigenvalue weighted by Gasteiger charge is 2.37. The zero-order valence-electron chi connectivity index (χ0n) is 78.8. The van der Waals surface area contributed by atoms with E-state index in [0.717, 1.165) is 116 Å². The van der Waals surface area contributed by atoms with Gasteiger partial charge in [0.2, 0.25) is 0 Å². The van der Waals surface area contributed by atoms with Crippen molar-refractivity contribution in [2.75, 3.05) is 21.3 Å². The summed E-state index contributed by atoms with van der Waals surface area (Å²) in [5.74, 6) is 4.85. The molecule has 0 amide bonds. The van der Waals surface area contributed by atoms with Crippen LogP contribution in [0.4, 0.5) is 35.9 Å². The second-order valence-electron chi connectivity index (χ2n) is 40.2. The Bertz CT molecular complexity index is 4070. The fraction of sp³-hybridized carbons (Fsp3) is 0.682. The number of anilines is 4. The van der Waals surface area contributed by atoms with Gasteiger partial charge in [0.1, 0.15) is 17.1 Å². The van der Waals surface area contributed by atoms with Crippen molar-refractivity contribution in [3.8, 4) is 11.5 Å². The summed E-state index contributed by atoms with van der Waals surface area (Å²) in [4.78, 5) is 37.9. The molecule has 5 aromatic carbocycles. The third-order valence-electron chi connectivity index (χ3n) is 29.2. The molecule has 12 aliphatic carbocycles. The minimum atomic E-state index is -4.68. The molecular formula is C107H161BrF3N15O4. The van der Waals surface area contributed by atoms with Crippen LogP contribution >= 0.6 is 15.9 Å². The standard InChI is InChI=1S/C26H45N3O2.C23H31N3.C20H28F3N3O.C19H28BrN3.C19H29N3O/c1-26(18-8-9-19-26)31-24(30)20-14-16-23(17-15-20)29-25(27-21-10-4-2-5-11-21)28-22-12-6-3-7-13-22;1-3-12-19(13-4-1)24-23(25-20-14-5-2-6-15-20)26-22-17-9-11-18-10-7-8-16-21(18)22;21-20(22,23)27-18-13-11-17(12-14-18)26-19(24-15-7-3-1-4-8-15)25-16-9-5-2-6-10-16;20-15-11-13-18(14-12-15)23-19(21-16-7-3-1-4-8-16)22-17-9-5-2-6-10-17;23-18-13-11-17(12-14-18)22-19(20-15-7-3-1-4-8-15)21-16-9-5-2-6-10-16/h20-23H,2-19H2,1H3,(H2,27,28,29);7-11,16-17,19-20H,1-6,12-15H2,(H2,24,25,26);11-16H,1-10H2,(H2,24,25,26);11-14,16-17H,1-10H2,(H2,21,22,23);11-16,23H,1-10H2,(H2,20,21,22). The van der Waals surface area contributed by atoms with Gasteiger partial charge in [-0.1, -0.05) is 245 Å². The number of alkyl halides is 3. The number of guanidine groups is 5. The molecule has 12 fully saturated rings. The molecule has 23 heteroatoms. The molecular weight excluding hydrogens is 1700 g/mol. The maximum atomic E-state index is 12.7. The first-order chi connectivity index (χ1) is 63.5. The van der Waals surface area contributed by atoms with E-state index >= 15 is 0 Å². The Balaban J connectivity index is 0.000000139. The Morgan fingerprint density at radius 3 is 0.985 bits per heavy atom. The number of nitrogens with one attached hydrogen (secondary N) is 10. The fourth-order valence-electron chi connectivity index (χ4n) is 21.6. The molecule has 11 N–H and O–H groups in total. The molecule has 12 saturated carbocycles. The summed E-state index contributed by atoms with van der Waals surface area (Å²) in [7, 11) is 0. The molecule has 130 heavy (non-hydrogen) atoms. The van der Waals surface area contributed by atoms with Gasteiger partial charge in [-0.3, -0.25) is 4.79 Å². The van der Waals surface area contributed by atoms with E-state index in [1.807, 2.05) is 12.1 Å². The molecule has 0 saturated heterocycles. The first-order valence-corrected chi connectivity index (χ1v) is 53.0. The molecule has 5 aromatic rings. The summed E-state index contributed by atoms with van der Waals surface area (Å²) in [5, 5.41) is 48.0. The number of halogens is 4. The molecule has 716 valence electrons. The van der Waals surface area contributed by atoms with Crippen LogP contribution in [0.2, 0.25) is 0 Å². The Kier molecular flexibility index (Phi) is 41.7. The molecule has 0 radical (unpaired) electrons. The molecule has 0 aliphatic heterocycles. The van der Waals surface area contributed by atoms with Crippen LogP contribution in [0.3, 0.4) is 0 Å². The third-order valence-corrected chi connectivity index (χ3v) is 29.7. The van der Waals surface area contributed by atoms with Gasteiger partial charge in [0.25, 0.3) is 0 Å². The van der Waals surface area contributed by atoms with Crippen molar-refractivity contribution in [3.63, 3.8) is 0 Å². The lowest BCUT2D eigenvalue weighted by Crippen LogP contribution is -2.49. The van der Waals surface area contributed by atoms with Crippen molar-refractivity contribution >= 4 is 85.2 Å². The number of benzene rings is 5. The molecule has 19 nitrogen and oxygen atoms in total. The lowest BCUT2D eigenvalue weighted by atomic mass is 9.86. The first kappa shape index (κ1) is 99.5. The van der Waals surface area contributed by atoms with E-state index in [2.05, 4.69) is 147 Å². The third kappa shape index (κ3) is 36.5. The maximum absolute atomic E-state index is 12.7. The van der Waals surface area contributed by atoms with Gasteiger partial charge >= 0.3 is 12.3 Å². The zero-order valence-corrected chi connectivity index (χ0v) is 80.4. The summed E-state index contributed by atoms with van der Waals surface area (Å²) >= 11 is 3.50. The van der Waals surface area contributed by atoms with Gasteiger partial charge in [0.15, 0.2) is 29.8 Å². The SMILES string of the molecule is Brc1ccc(NC(=NC2CCCCC2)NC2CCCCC2)cc1.CC1(OC(=O)C2CCC(N=C(NC3CCCCC3)NC3CCCCC3)CC2)CCCC1.FC(F)(F)Oc1ccc(NC(=NC2CCCCC2)NC2CCCCC2)cc1.Oc1ccc(NC(=NC2CCCCC2)NC2CCCCC2)cc1.c1ccc2c(NC(=NC3CCCCC3)NC3CCCCC3)cccc2c1. The molecule has 0 spiro atoms. The van der Waals surface area contributed by atoms with Crippen molar-refractivity contribution in [2.45, 2.75) is 458 Å². The summed E-state index contributed by atoms with van der Waals surface area (Å²) in [6.45, 7) is 2.12. The van der Waals surface area contributed by atoms with Crippen molar-refractivity contribution in [1.29, 1.82) is 0 Å². The van der Waals surface area contributed by atoms with Crippen LogP contribution in [0.1, 0.15) is 379 Å². The average molecular weight is 1860 g/mol. The number of nitrogens with zero attached hydrogens (tertiary/aromatic N) is 5. The van der Waals surface area contributed by atoms with Crippen molar-refractivity contribution in [3.05, 3.63) is 120 Å². The number of fused-ring (bicyclic) bond motifs is 1. The minimum absolute atomic E-state index is 0.0488. The van der Waals surface area contributed by atoms with Crippen LogP contribution in [0.25, 0.3) is 10.8 Å². The Morgan fingerprint density at radius 2 is 0.631 bits per heavy atom. The van der Waals surface area contributed by atoms with Crippen LogP contribution in [0.5, 0.6) is 11.5 Å².